The SMILES string of the molecule is C[Si](C)(C)C1COC(c2ccccc2)=C1P(=O)(c1ccccc1)c1ccccc1. The van der Waals surface area contributed by atoms with Gasteiger partial charge in [0.15, 0.2) is 7.14 Å². The molecule has 1 unspecified atom stereocenters. The van der Waals surface area contributed by atoms with Crippen LogP contribution in [-0.2, 0) is 9.30 Å². The second-order valence-electron chi connectivity index (χ2n) is 8.59. The highest BCUT2D eigenvalue weighted by molar-refractivity contribution is 7.82. The number of ether oxygens (including phenoxy) is 1. The Balaban J connectivity index is 2.06. The maximum absolute atomic E-state index is 15.1. The summed E-state index contributed by atoms with van der Waals surface area (Å²) in [5.41, 5.74) is 1.21. The lowest BCUT2D eigenvalue weighted by Gasteiger charge is -2.31. The Labute approximate surface area is 174 Å². The molecule has 0 amide bonds. The van der Waals surface area contributed by atoms with E-state index < -0.39 is 15.2 Å². The van der Waals surface area contributed by atoms with E-state index in [4.69, 9.17) is 4.74 Å². The monoisotopic (exact) mass is 418 g/mol. The number of hydrogen-bond donors (Lipinski definition) is 0. The van der Waals surface area contributed by atoms with Crippen LogP contribution in [0.3, 0.4) is 0 Å². The van der Waals surface area contributed by atoms with Gasteiger partial charge in [0.1, 0.15) is 5.76 Å². The minimum Gasteiger partial charge on any atom is -0.492 e. The number of benzene rings is 3. The average molecular weight is 419 g/mol. The van der Waals surface area contributed by atoms with E-state index in [2.05, 4.69) is 31.8 Å². The molecule has 29 heavy (non-hydrogen) atoms. The molecule has 1 aliphatic heterocycles. The van der Waals surface area contributed by atoms with Gasteiger partial charge in [0.25, 0.3) is 0 Å². The normalized spacial score (nSPS) is 17.3. The molecule has 3 aromatic rings. The molecule has 0 bridgehead atoms. The third kappa shape index (κ3) is 3.65. The van der Waals surface area contributed by atoms with E-state index in [1.807, 2.05) is 78.9 Å². The van der Waals surface area contributed by atoms with Gasteiger partial charge in [-0.25, -0.2) is 0 Å². The minimum absolute atomic E-state index is 0.198. The molecule has 0 radical (unpaired) electrons. The summed E-state index contributed by atoms with van der Waals surface area (Å²) in [6, 6.07) is 30.0. The van der Waals surface area contributed by atoms with Crippen LogP contribution in [0.1, 0.15) is 5.56 Å². The fraction of sp³-hybridized carbons (Fsp3) is 0.200. The van der Waals surface area contributed by atoms with Crippen LogP contribution in [0.4, 0.5) is 0 Å². The van der Waals surface area contributed by atoms with Crippen molar-refractivity contribution < 1.29 is 9.30 Å². The van der Waals surface area contributed by atoms with Crippen LogP contribution in [0, 0.1) is 0 Å². The number of rotatable bonds is 5. The zero-order chi connectivity index (χ0) is 20.5. The number of hydrogen-bond acceptors (Lipinski definition) is 2. The first-order chi connectivity index (χ1) is 13.9. The van der Waals surface area contributed by atoms with Crippen LogP contribution in [0.5, 0.6) is 0 Å². The van der Waals surface area contributed by atoms with Gasteiger partial charge in [0.05, 0.1) is 14.7 Å². The summed E-state index contributed by atoms with van der Waals surface area (Å²) in [5.74, 6) is 0.814. The largest absolute Gasteiger partial charge is 0.492 e. The summed E-state index contributed by atoms with van der Waals surface area (Å²) < 4.78 is 21.5. The maximum Gasteiger partial charge on any atom is 0.170 e. The highest BCUT2D eigenvalue weighted by Crippen LogP contribution is 2.63. The smallest absolute Gasteiger partial charge is 0.170 e. The summed E-state index contributed by atoms with van der Waals surface area (Å²) in [6.45, 7) is 7.64. The topological polar surface area (TPSA) is 26.3 Å². The van der Waals surface area contributed by atoms with Gasteiger partial charge in [0, 0.05) is 27.0 Å². The van der Waals surface area contributed by atoms with Gasteiger partial charge in [-0.05, 0) is 0 Å². The molecule has 0 N–H and O–H groups in total. The van der Waals surface area contributed by atoms with E-state index in [0.29, 0.717) is 6.61 Å². The minimum atomic E-state index is -3.06. The van der Waals surface area contributed by atoms with Crippen LogP contribution >= 0.6 is 7.14 Å². The Morgan fingerprint density at radius 2 is 1.21 bits per heavy atom. The van der Waals surface area contributed by atoms with Crippen LogP contribution < -0.4 is 10.6 Å². The van der Waals surface area contributed by atoms with Crippen molar-refractivity contribution in [2.45, 2.75) is 25.2 Å². The molecule has 1 heterocycles. The summed E-state index contributed by atoms with van der Waals surface area (Å²) in [6.07, 6.45) is 0. The first-order valence-electron chi connectivity index (χ1n) is 10.1. The molecular formula is C25H27O2PSi. The van der Waals surface area contributed by atoms with E-state index in [9.17, 15) is 0 Å². The van der Waals surface area contributed by atoms with E-state index in [1.54, 1.807) is 0 Å². The van der Waals surface area contributed by atoms with Gasteiger partial charge >= 0.3 is 0 Å². The second kappa shape index (κ2) is 7.82. The van der Waals surface area contributed by atoms with Crippen molar-refractivity contribution in [1.29, 1.82) is 0 Å². The maximum atomic E-state index is 15.1. The van der Waals surface area contributed by atoms with Crippen molar-refractivity contribution in [2.75, 3.05) is 6.61 Å². The molecule has 148 valence electrons. The third-order valence-electron chi connectivity index (χ3n) is 5.62. The molecule has 0 spiro atoms. The van der Waals surface area contributed by atoms with Gasteiger partial charge < -0.3 is 9.30 Å². The van der Waals surface area contributed by atoms with Gasteiger partial charge in [-0.1, -0.05) is 111 Å². The highest BCUT2D eigenvalue weighted by atomic mass is 31.2. The molecule has 0 aromatic heterocycles. The first-order valence-corrected chi connectivity index (χ1v) is 15.3. The highest BCUT2D eigenvalue weighted by Gasteiger charge is 2.47. The van der Waals surface area contributed by atoms with E-state index >= 15 is 4.57 Å². The molecular weight excluding hydrogens is 391 g/mol. The Kier molecular flexibility index (Phi) is 5.37. The lowest BCUT2D eigenvalue weighted by Crippen LogP contribution is -2.32. The van der Waals surface area contributed by atoms with Crippen molar-refractivity contribution in [3.05, 3.63) is 102 Å². The van der Waals surface area contributed by atoms with Gasteiger partial charge in [0.2, 0.25) is 0 Å². The fourth-order valence-electron chi connectivity index (χ4n) is 4.02. The van der Waals surface area contributed by atoms with Crippen LogP contribution in [0.2, 0.25) is 25.2 Å². The predicted octanol–water partition coefficient (Wildman–Crippen LogP) is 6.11. The Bertz CT molecular complexity index is 1010. The Morgan fingerprint density at radius 3 is 1.66 bits per heavy atom. The first kappa shape index (κ1) is 19.9. The lowest BCUT2D eigenvalue weighted by atomic mass is 10.2. The van der Waals surface area contributed by atoms with E-state index in [0.717, 1.165) is 27.2 Å². The summed E-state index contributed by atoms with van der Waals surface area (Å²) in [5, 5.41) is 2.76. The van der Waals surface area contributed by atoms with Crippen molar-refractivity contribution in [3.63, 3.8) is 0 Å². The van der Waals surface area contributed by atoms with Crippen molar-refractivity contribution >= 4 is 31.6 Å². The lowest BCUT2D eigenvalue weighted by molar-refractivity contribution is 0.305. The molecule has 0 saturated carbocycles. The summed E-state index contributed by atoms with van der Waals surface area (Å²) in [7, 11) is -4.75. The van der Waals surface area contributed by atoms with Gasteiger partial charge in [-0.3, -0.25) is 0 Å². The summed E-state index contributed by atoms with van der Waals surface area (Å²) >= 11 is 0. The molecule has 0 fully saturated rings. The van der Waals surface area contributed by atoms with E-state index in [-0.39, 0.29) is 5.54 Å². The second-order valence-corrected chi connectivity index (χ2v) is 16.8. The summed E-state index contributed by atoms with van der Waals surface area (Å²) in [4.78, 5) is 0. The third-order valence-corrected chi connectivity index (χ3v) is 11.7. The van der Waals surface area contributed by atoms with Crippen LogP contribution in [-0.4, -0.2) is 14.7 Å². The predicted molar refractivity (Wildman–Crippen MR) is 126 cm³/mol. The average Bonchev–Trinajstić information content (AvgIpc) is 3.21. The molecule has 1 aliphatic rings. The molecule has 1 atom stereocenters. The van der Waals surface area contributed by atoms with Gasteiger partial charge in [-0.15, -0.1) is 0 Å². The Hall–Kier alpha value is -2.35. The molecule has 0 aliphatic carbocycles. The standard InChI is InChI=1S/C25H27O2PSi/c1-29(2,3)23-19-27-24(20-13-7-4-8-14-20)25(23)28(26,21-15-9-5-10-16-21)22-17-11-6-12-18-22/h4-18,23H,19H2,1-3H3. The van der Waals surface area contributed by atoms with Gasteiger partial charge in [-0.2, -0.15) is 0 Å². The molecule has 3 aromatic carbocycles. The molecule has 2 nitrogen and oxygen atoms in total. The van der Waals surface area contributed by atoms with Crippen molar-refractivity contribution in [2.24, 2.45) is 0 Å². The molecule has 0 saturated heterocycles. The van der Waals surface area contributed by atoms with Crippen LogP contribution in [0.25, 0.3) is 5.76 Å². The van der Waals surface area contributed by atoms with E-state index in [1.165, 1.54) is 0 Å². The van der Waals surface area contributed by atoms with Crippen molar-refractivity contribution in [1.82, 2.24) is 0 Å². The van der Waals surface area contributed by atoms with Crippen molar-refractivity contribution in [3.8, 4) is 0 Å². The zero-order valence-corrected chi connectivity index (χ0v) is 19.1. The Morgan fingerprint density at radius 1 is 0.759 bits per heavy atom. The molecule has 4 heteroatoms. The molecule has 4 rings (SSSR count). The quantitative estimate of drug-likeness (QED) is 0.369. The zero-order valence-electron chi connectivity index (χ0n) is 17.2. The fourth-order valence-corrected chi connectivity index (χ4v) is 10.3. The van der Waals surface area contributed by atoms with Crippen LogP contribution in [0.15, 0.2) is 96.3 Å².